The Hall–Kier alpha value is -3.03. The van der Waals surface area contributed by atoms with Gasteiger partial charge < -0.3 is 19.9 Å². The Morgan fingerprint density at radius 1 is 1.31 bits per heavy atom. The molecule has 0 radical (unpaired) electrons. The van der Waals surface area contributed by atoms with Crippen LogP contribution < -0.4 is 15.0 Å². The fourth-order valence-electron chi connectivity index (χ4n) is 3.35. The number of anilines is 1. The smallest absolute Gasteiger partial charge is 0.246 e. The van der Waals surface area contributed by atoms with Gasteiger partial charge in [-0.1, -0.05) is 12.1 Å². The molecule has 1 aliphatic heterocycles. The molecular weight excluding hydrogens is 368 g/mol. The highest BCUT2D eigenvalue weighted by atomic mass is 16.5. The van der Waals surface area contributed by atoms with Gasteiger partial charge in [0.1, 0.15) is 12.3 Å². The Kier molecular flexibility index (Phi) is 7.10. The van der Waals surface area contributed by atoms with Crippen molar-refractivity contribution in [1.29, 1.82) is 0 Å². The topological polar surface area (TPSA) is 75.0 Å². The Labute approximate surface area is 172 Å². The van der Waals surface area contributed by atoms with Crippen LogP contribution in [0, 0.1) is 0 Å². The number of amides is 1. The van der Waals surface area contributed by atoms with Gasteiger partial charge in [0.25, 0.3) is 0 Å². The number of carbonyl (C=O) groups excluding carboxylic acids is 1. The number of nitrogens with one attached hydrogen (secondary N) is 1. The van der Waals surface area contributed by atoms with Crippen molar-refractivity contribution in [3.8, 4) is 5.75 Å². The van der Waals surface area contributed by atoms with E-state index in [4.69, 9.17) is 9.73 Å². The molecule has 1 aromatic heterocycles. The van der Waals surface area contributed by atoms with Gasteiger partial charge in [0, 0.05) is 39.4 Å². The molecule has 1 amide bonds. The molecule has 0 bridgehead atoms. The first kappa shape index (κ1) is 20.7. The van der Waals surface area contributed by atoms with Gasteiger partial charge in [-0.15, -0.1) is 0 Å². The molecule has 3 rings (SSSR count). The van der Waals surface area contributed by atoms with Crippen molar-refractivity contribution >= 4 is 17.6 Å². The van der Waals surface area contributed by atoms with Gasteiger partial charge in [-0.2, -0.15) is 5.10 Å². The summed E-state index contributed by atoms with van der Waals surface area (Å²) in [6, 6.07) is 8.11. The van der Waals surface area contributed by atoms with E-state index in [1.54, 1.807) is 15.8 Å². The largest absolute Gasteiger partial charge is 0.494 e. The molecule has 0 unspecified atom stereocenters. The molecule has 0 aliphatic carbocycles. The molecular formula is C21H30N6O2. The SMILES string of the molecule is CCNC(=NCCc1cccc(OCC)c1)N1CCN(c2cnn(C)c2)C(=O)C1. The van der Waals surface area contributed by atoms with Crippen molar-refractivity contribution in [3.05, 3.63) is 42.2 Å². The van der Waals surface area contributed by atoms with Crippen molar-refractivity contribution < 1.29 is 9.53 Å². The third kappa shape index (κ3) is 5.49. The first-order chi connectivity index (χ1) is 14.1. The minimum atomic E-state index is 0.0549. The number of nitrogens with zero attached hydrogens (tertiary/aromatic N) is 5. The minimum absolute atomic E-state index is 0.0549. The average molecular weight is 399 g/mol. The number of hydrogen-bond donors (Lipinski definition) is 1. The second-order valence-corrected chi connectivity index (χ2v) is 6.91. The number of hydrogen-bond acceptors (Lipinski definition) is 4. The monoisotopic (exact) mass is 398 g/mol. The van der Waals surface area contributed by atoms with Crippen LogP contribution in [0.25, 0.3) is 0 Å². The summed E-state index contributed by atoms with van der Waals surface area (Å²) < 4.78 is 7.27. The summed E-state index contributed by atoms with van der Waals surface area (Å²) in [5.74, 6) is 1.73. The van der Waals surface area contributed by atoms with Gasteiger partial charge in [-0.25, -0.2) is 0 Å². The third-order valence-corrected chi connectivity index (χ3v) is 4.73. The summed E-state index contributed by atoms with van der Waals surface area (Å²) in [5, 5.41) is 7.47. The number of rotatable bonds is 7. The molecule has 1 aromatic carbocycles. The highest BCUT2D eigenvalue weighted by Crippen LogP contribution is 2.16. The van der Waals surface area contributed by atoms with Crippen molar-refractivity contribution in [2.24, 2.45) is 12.0 Å². The summed E-state index contributed by atoms with van der Waals surface area (Å²) in [6.07, 6.45) is 4.41. The maximum atomic E-state index is 12.7. The zero-order valence-electron chi connectivity index (χ0n) is 17.5. The number of aromatic nitrogens is 2. The van der Waals surface area contributed by atoms with Crippen molar-refractivity contribution in [2.75, 3.05) is 44.2 Å². The molecule has 2 aromatic rings. The van der Waals surface area contributed by atoms with Crippen LogP contribution >= 0.6 is 0 Å². The van der Waals surface area contributed by atoms with E-state index >= 15 is 0 Å². The zero-order valence-corrected chi connectivity index (χ0v) is 17.5. The van der Waals surface area contributed by atoms with Crippen LogP contribution in [0.15, 0.2) is 41.7 Å². The second-order valence-electron chi connectivity index (χ2n) is 6.91. The maximum absolute atomic E-state index is 12.7. The Bertz CT molecular complexity index is 847. The van der Waals surface area contributed by atoms with Crippen molar-refractivity contribution in [1.82, 2.24) is 20.0 Å². The third-order valence-electron chi connectivity index (χ3n) is 4.73. The molecule has 0 saturated carbocycles. The molecule has 1 aliphatic rings. The lowest BCUT2D eigenvalue weighted by Crippen LogP contribution is -2.55. The van der Waals surface area contributed by atoms with Crippen LogP contribution in [-0.2, 0) is 18.3 Å². The van der Waals surface area contributed by atoms with E-state index < -0.39 is 0 Å². The van der Waals surface area contributed by atoms with Crippen molar-refractivity contribution in [3.63, 3.8) is 0 Å². The summed E-state index contributed by atoms with van der Waals surface area (Å²) in [7, 11) is 1.85. The van der Waals surface area contributed by atoms with Gasteiger partial charge in [-0.3, -0.25) is 14.5 Å². The van der Waals surface area contributed by atoms with E-state index in [0.29, 0.717) is 26.2 Å². The molecule has 156 valence electrons. The first-order valence-electron chi connectivity index (χ1n) is 10.1. The average Bonchev–Trinajstić information content (AvgIpc) is 3.14. The fourth-order valence-corrected chi connectivity index (χ4v) is 3.35. The standard InChI is InChI=1S/C21H30N6O2/c1-4-22-21(23-10-9-17-7-6-8-19(13-17)29-5-2)26-11-12-27(20(28)16-26)18-14-24-25(3)15-18/h6-8,13-15H,4-5,9-12,16H2,1-3H3,(H,22,23). The fraction of sp³-hybridized carbons (Fsp3) is 0.476. The molecule has 8 heteroatoms. The molecule has 0 atom stereocenters. The van der Waals surface area contributed by atoms with E-state index in [9.17, 15) is 4.79 Å². The molecule has 1 N–H and O–H groups in total. The number of benzene rings is 1. The summed E-state index contributed by atoms with van der Waals surface area (Å²) in [6.45, 7) is 7.73. The molecule has 29 heavy (non-hydrogen) atoms. The van der Waals surface area contributed by atoms with Crippen LogP contribution in [0.1, 0.15) is 19.4 Å². The van der Waals surface area contributed by atoms with Crippen LogP contribution in [0.2, 0.25) is 0 Å². The summed E-state index contributed by atoms with van der Waals surface area (Å²) in [4.78, 5) is 21.2. The first-order valence-corrected chi connectivity index (χ1v) is 10.1. The quantitative estimate of drug-likeness (QED) is 0.567. The Morgan fingerprint density at radius 2 is 2.17 bits per heavy atom. The lowest BCUT2D eigenvalue weighted by atomic mass is 10.1. The number of guanidine groups is 1. The predicted molar refractivity (Wildman–Crippen MR) is 114 cm³/mol. The van der Waals surface area contributed by atoms with E-state index in [2.05, 4.69) is 22.5 Å². The van der Waals surface area contributed by atoms with Gasteiger partial charge in [-0.05, 0) is 38.0 Å². The molecule has 1 fully saturated rings. The number of carbonyl (C=O) groups is 1. The maximum Gasteiger partial charge on any atom is 0.246 e. The molecule has 2 heterocycles. The predicted octanol–water partition coefficient (Wildman–Crippen LogP) is 1.68. The van der Waals surface area contributed by atoms with E-state index in [0.717, 1.165) is 36.9 Å². The number of ether oxygens (including phenoxy) is 1. The van der Waals surface area contributed by atoms with Gasteiger partial charge >= 0.3 is 0 Å². The Balaban J connectivity index is 1.60. The zero-order chi connectivity index (χ0) is 20.6. The normalized spacial score (nSPS) is 15.0. The molecule has 8 nitrogen and oxygen atoms in total. The van der Waals surface area contributed by atoms with E-state index in [1.165, 1.54) is 5.56 Å². The second kappa shape index (κ2) is 9.95. The highest BCUT2D eigenvalue weighted by molar-refractivity contribution is 5.98. The molecule has 0 spiro atoms. The highest BCUT2D eigenvalue weighted by Gasteiger charge is 2.27. The van der Waals surface area contributed by atoms with E-state index in [1.807, 2.05) is 44.1 Å². The van der Waals surface area contributed by atoms with Crippen molar-refractivity contribution in [2.45, 2.75) is 20.3 Å². The molecule has 1 saturated heterocycles. The summed E-state index contributed by atoms with van der Waals surface area (Å²) >= 11 is 0. The lowest BCUT2D eigenvalue weighted by molar-refractivity contribution is -0.120. The van der Waals surface area contributed by atoms with Crippen LogP contribution in [0.3, 0.4) is 0 Å². The number of aryl methyl sites for hydroxylation is 1. The lowest BCUT2D eigenvalue weighted by Gasteiger charge is -2.35. The van der Waals surface area contributed by atoms with Gasteiger partial charge in [0.2, 0.25) is 5.91 Å². The van der Waals surface area contributed by atoms with E-state index in [-0.39, 0.29) is 5.91 Å². The van der Waals surface area contributed by atoms with Gasteiger partial charge in [0.15, 0.2) is 5.96 Å². The van der Waals surface area contributed by atoms with Crippen LogP contribution in [-0.4, -0.2) is 65.9 Å². The number of piperazine rings is 1. The van der Waals surface area contributed by atoms with Crippen LogP contribution in [0.5, 0.6) is 5.75 Å². The number of aliphatic imine (C=N–C) groups is 1. The Morgan fingerprint density at radius 3 is 2.86 bits per heavy atom. The van der Waals surface area contributed by atoms with Gasteiger partial charge in [0.05, 0.1) is 18.5 Å². The minimum Gasteiger partial charge on any atom is -0.494 e. The summed E-state index contributed by atoms with van der Waals surface area (Å²) in [5.41, 5.74) is 2.03. The van der Waals surface area contributed by atoms with Crippen LogP contribution in [0.4, 0.5) is 5.69 Å².